The number of Topliss-reactive ketones (excluding diaryl/α,β-unsaturated/α-hetero) is 1. The van der Waals surface area contributed by atoms with Crippen molar-refractivity contribution in [1.29, 1.82) is 0 Å². The monoisotopic (exact) mass is 471 g/mol. The number of ketones is 1. The molecule has 0 saturated carbocycles. The van der Waals surface area contributed by atoms with Crippen molar-refractivity contribution in [3.05, 3.63) is 98.9 Å². The molecule has 1 aromatic heterocycles. The summed E-state index contributed by atoms with van der Waals surface area (Å²) in [7, 11) is 0. The molecule has 0 bridgehead atoms. The van der Waals surface area contributed by atoms with E-state index in [0.29, 0.717) is 5.56 Å². The minimum atomic E-state index is -1.07. The highest BCUT2D eigenvalue weighted by atomic mass is 35.5. The Labute approximate surface area is 192 Å². The van der Waals surface area contributed by atoms with Gasteiger partial charge in [-0.25, -0.2) is 4.79 Å². The lowest BCUT2D eigenvalue weighted by Gasteiger charge is -2.23. The number of carboxylic acids is 1. The summed E-state index contributed by atoms with van der Waals surface area (Å²) < 4.78 is 5.48. The summed E-state index contributed by atoms with van der Waals surface area (Å²) >= 11 is 12.0. The number of likely N-dealkylation sites (tertiary alicyclic amines) is 1. The van der Waals surface area contributed by atoms with Gasteiger partial charge in [-0.05, 0) is 48.0 Å². The molecule has 32 heavy (non-hydrogen) atoms. The molecule has 7 nitrogen and oxygen atoms in total. The largest absolute Gasteiger partial charge is 0.507 e. The van der Waals surface area contributed by atoms with Crippen LogP contribution in [0.1, 0.15) is 33.3 Å². The van der Waals surface area contributed by atoms with E-state index in [1.165, 1.54) is 41.5 Å². The van der Waals surface area contributed by atoms with Gasteiger partial charge in [0, 0.05) is 12.1 Å². The fourth-order valence-electron chi connectivity index (χ4n) is 3.53. The molecule has 0 spiro atoms. The zero-order valence-electron chi connectivity index (χ0n) is 16.3. The molecule has 9 heteroatoms. The summed E-state index contributed by atoms with van der Waals surface area (Å²) in [5.41, 5.74) is 0.770. The maximum Gasteiger partial charge on any atom is 0.335 e. The Hall–Kier alpha value is -3.55. The van der Waals surface area contributed by atoms with E-state index in [9.17, 15) is 19.5 Å². The average molecular weight is 472 g/mol. The number of aliphatic hydroxyl groups is 1. The first-order valence-corrected chi connectivity index (χ1v) is 10.1. The number of carbonyl (C=O) groups excluding carboxylic acids is 2. The topological polar surface area (TPSA) is 108 Å². The van der Waals surface area contributed by atoms with Gasteiger partial charge >= 0.3 is 5.97 Å². The van der Waals surface area contributed by atoms with Gasteiger partial charge in [0.1, 0.15) is 17.6 Å². The first-order chi connectivity index (χ1) is 15.3. The number of aromatic carboxylic acids is 1. The molecule has 0 aliphatic carbocycles. The zero-order chi connectivity index (χ0) is 23.0. The predicted octanol–water partition coefficient (Wildman–Crippen LogP) is 4.91. The number of hydrogen-bond acceptors (Lipinski definition) is 5. The third-order valence-corrected chi connectivity index (χ3v) is 5.84. The molecule has 2 N–H and O–H groups in total. The summed E-state index contributed by atoms with van der Waals surface area (Å²) in [5.74, 6) is -2.90. The number of aliphatic hydroxyl groups excluding tert-OH is 1. The molecule has 1 saturated heterocycles. The maximum atomic E-state index is 12.9. The lowest BCUT2D eigenvalue weighted by molar-refractivity contribution is -0.140. The lowest BCUT2D eigenvalue weighted by atomic mass is 9.99. The van der Waals surface area contributed by atoms with Crippen LogP contribution in [0.15, 0.2) is 70.9 Å². The van der Waals surface area contributed by atoms with Crippen LogP contribution in [-0.4, -0.2) is 32.8 Å². The van der Waals surface area contributed by atoms with Crippen LogP contribution >= 0.6 is 23.2 Å². The number of carbonyl (C=O) groups is 3. The Morgan fingerprint density at radius 1 is 0.969 bits per heavy atom. The number of rotatable bonds is 5. The average Bonchev–Trinajstić information content (AvgIpc) is 3.38. The highest BCUT2D eigenvalue weighted by molar-refractivity contribution is 6.46. The van der Waals surface area contributed by atoms with Crippen LogP contribution in [0.25, 0.3) is 5.76 Å². The van der Waals surface area contributed by atoms with Crippen molar-refractivity contribution in [2.75, 3.05) is 0 Å². The van der Waals surface area contributed by atoms with Crippen molar-refractivity contribution in [2.24, 2.45) is 0 Å². The van der Waals surface area contributed by atoms with Gasteiger partial charge in [-0.3, -0.25) is 9.59 Å². The van der Waals surface area contributed by atoms with Crippen LogP contribution in [0.4, 0.5) is 0 Å². The van der Waals surface area contributed by atoms with Crippen LogP contribution in [-0.2, 0) is 16.1 Å². The molecule has 162 valence electrons. The van der Waals surface area contributed by atoms with Crippen molar-refractivity contribution >= 4 is 46.6 Å². The van der Waals surface area contributed by atoms with Crippen molar-refractivity contribution in [2.45, 2.75) is 12.6 Å². The molecule has 4 rings (SSSR count). The second-order valence-corrected chi connectivity index (χ2v) is 7.89. The van der Waals surface area contributed by atoms with Gasteiger partial charge in [0.2, 0.25) is 0 Å². The van der Waals surface area contributed by atoms with Gasteiger partial charge in [0.05, 0.1) is 27.4 Å². The van der Waals surface area contributed by atoms with E-state index >= 15 is 0 Å². The SMILES string of the molecule is O=C1C(=O)N(Cc2ccc(C(=O)O)cc2)C(c2ccco2)/C1=C(/O)c1ccc(Cl)c(Cl)c1. The number of carboxylic acid groups (broad SMARTS) is 1. The molecule has 2 aromatic carbocycles. The van der Waals surface area contributed by atoms with Gasteiger partial charge in [-0.1, -0.05) is 35.3 Å². The van der Waals surface area contributed by atoms with Crippen LogP contribution in [0.2, 0.25) is 10.0 Å². The van der Waals surface area contributed by atoms with Crippen molar-refractivity contribution < 1.29 is 29.0 Å². The normalized spacial score (nSPS) is 17.7. The molecule has 1 fully saturated rings. The lowest BCUT2D eigenvalue weighted by Crippen LogP contribution is -2.29. The maximum absolute atomic E-state index is 12.9. The van der Waals surface area contributed by atoms with Crippen LogP contribution in [0.3, 0.4) is 0 Å². The molecule has 2 heterocycles. The summed E-state index contributed by atoms with van der Waals surface area (Å²) in [6.07, 6.45) is 1.40. The Balaban J connectivity index is 1.79. The quantitative estimate of drug-likeness (QED) is 0.311. The van der Waals surface area contributed by atoms with E-state index in [4.69, 9.17) is 32.7 Å². The molecule has 0 radical (unpaired) electrons. The number of hydrogen-bond donors (Lipinski definition) is 2. The Morgan fingerprint density at radius 2 is 1.66 bits per heavy atom. The third-order valence-electron chi connectivity index (χ3n) is 5.10. The van der Waals surface area contributed by atoms with Gasteiger partial charge in [0.15, 0.2) is 0 Å². The minimum absolute atomic E-state index is 0.00596. The minimum Gasteiger partial charge on any atom is -0.507 e. The van der Waals surface area contributed by atoms with E-state index in [1.807, 2.05) is 0 Å². The van der Waals surface area contributed by atoms with Crippen LogP contribution < -0.4 is 0 Å². The summed E-state index contributed by atoms with van der Waals surface area (Å²) in [4.78, 5) is 38.2. The van der Waals surface area contributed by atoms with E-state index in [-0.39, 0.29) is 39.1 Å². The fourth-order valence-corrected chi connectivity index (χ4v) is 3.83. The van der Waals surface area contributed by atoms with E-state index in [1.54, 1.807) is 24.3 Å². The molecular formula is C23H15Cl2NO6. The molecule has 1 aliphatic heterocycles. The molecule has 1 amide bonds. The van der Waals surface area contributed by atoms with Gasteiger partial charge < -0.3 is 19.5 Å². The molecule has 1 unspecified atom stereocenters. The van der Waals surface area contributed by atoms with Crippen molar-refractivity contribution in [3.63, 3.8) is 0 Å². The van der Waals surface area contributed by atoms with Crippen LogP contribution in [0, 0.1) is 0 Å². The molecule has 1 aliphatic rings. The fraction of sp³-hybridized carbons (Fsp3) is 0.0870. The number of furan rings is 1. The second kappa shape index (κ2) is 8.53. The smallest absolute Gasteiger partial charge is 0.335 e. The Bertz CT molecular complexity index is 1250. The third kappa shape index (κ3) is 3.88. The molecular weight excluding hydrogens is 457 g/mol. The van der Waals surface area contributed by atoms with Gasteiger partial charge in [0.25, 0.3) is 11.7 Å². The van der Waals surface area contributed by atoms with Crippen molar-refractivity contribution in [3.8, 4) is 0 Å². The zero-order valence-corrected chi connectivity index (χ0v) is 17.8. The predicted molar refractivity (Wildman–Crippen MR) is 116 cm³/mol. The number of halogens is 2. The Morgan fingerprint density at radius 3 is 2.25 bits per heavy atom. The summed E-state index contributed by atoms with van der Waals surface area (Å²) in [6.45, 7) is -0.00596. The highest BCUT2D eigenvalue weighted by Crippen LogP contribution is 2.41. The summed E-state index contributed by atoms with van der Waals surface area (Å²) in [5, 5.41) is 20.5. The van der Waals surface area contributed by atoms with Crippen molar-refractivity contribution in [1.82, 2.24) is 4.90 Å². The molecule has 1 atom stereocenters. The number of nitrogens with zero attached hydrogens (tertiary/aromatic N) is 1. The first-order valence-electron chi connectivity index (χ1n) is 9.37. The van der Waals surface area contributed by atoms with Crippen LogP contribution in [0.5, 0.6) is 0 Å². The second-order valence-electron chi connectivity index (χ2n) is 7.07. The highest BCUT2D eigenvalue weighted by Gasteiger charge is 2.47. The number of amides is 1. The Kier molecular flexibility index (Phi) is 5.78. The number of benzene rings is 2. The van der Waals surface area contributed by atoms with E-state index in [2.05, 4.69) is 0 Å². The first kappa shape index (κ1) is 21.7. The standard InChI is InChI=1S/C23H15Cl2NO6/c24-15-8-7-14(10-16(15)25)20(27)18-19(17-2-1-9-32-17)26(22(29)21(18)28)11-12-3-5-13(6-4-12)23(30)31/h1-10,19,27H,11H2,(H,30,31)/b20-18-. The molecule has 3 aromatic rings. The summed E-state index contributed by atoms with van der Waals surface area (Å²) in [6, 6.07) is 12.5. The van der Waals surface area contributed by atoms with E-state index in [0.717, 1.165) is 0 Å². The van der Waals surface area contributed by atoms with Gasteiger partial charge in [-0.2, -0.15) is 0 Å². The van der Waals surface area contributed by atoms with Gasteiger partial charge in [-0.15, -0.1) is 0 Å². The van der Waals surface area contributed by atoms with E-state index < -0.39 is 29.5 Å².